The number of rotatable bonds is 2. The fourth-order valence-electron chi connectivity index (χ4n) is 1.93. The minimum absolute atomic E-state index is 0.0213. The van der Waals surface area contributed by atoms with Crippen molar-refractivity contribution in [3.8, 4) is 0 Å². The normalized spacial score (nSPS) is 27.5. The number of hydrogen-bond donors (Lipinski definition) is 1. The predicted molar refractivity (Wildman–Crippen MR) is 54.7 cm³/mol. The Balaban J connectivity index is 2.15. The molecule has 2 heterocycles. The molecular formula is C9H11N2O5S-. The first-order valence-electron chi connectivity index (χ1n) is 5.10. The molecule has 1 fully saturated rings. The smallest absolute Gasteiger partial charge is 0.245 e. The number of sulfone groups is 1. The van der Waals surface area contributed by atoms with Crippen LogP contribution >= 0.6 is 0 Å². The van der Waals surface area contributed by atoms with Gasteiger partial charge in [0.1, 0.15) is 0 Å². The van der Waals surface area contributed by atoms with E-state index in [9.17, 15) is 23.1 Å². The van der Waals surface area contributed by atoms with E-state index in [0.29, 0.717) is 6.42 Å². The molecule has 0 radical (unpaired) electrons. The monoisotopic (exact) mass is 259 g/mol. The quantitative estimate of drug-likeness (QED) is 0.589. The van der Waals surface area contributed by atoms with E-state index in [1.54, 1.807) is 0 Å². The summed E-state index contributed by atoms with van der Waals surface area (Å²) in [6.45, 7) is 0. The van der Waals surface area contributed by atoms with Crippen molar-refractivity contribution in [2.45, 2.75) is 18.9 Å². The summed E-state index contributed by atoms with van der Waals surface area (Å²) in [7, 11) is -3.12. The summed E-state index contributed by atoms with van der Waals surface area (Å²) < 4.78 is 22.6. The maximum atomic E-state index is 11.6. The van der Waals surface area contributed by atoms with Crippen LogP contribution in [0.3, 0.4) is 0 Å². The van der Waals surface area contributed by atoms with Crippen LogP contribution in [0.15, 0.2) is 11.8 Å². The summed E-state index contributed by atoms with van der Waals surface area (Å²) >= 11 is 0. The van der Waals surface area contributed by atoms with Crippen LogP contribution in [0.25, 0.3) is 0 Å². The lowest BCUT2D eigenvalue weighted by Crippen LogP contribution is -2.54. The lowest BCUT2D eigenvalue weighted by Gasteiger charge is -2.33. The third-order valence-corrected chi connectivity index (χ3v) is 4.53. The van der Waals surface area contributed by atoms with E-state index in [4.69, 9.17) is 0 Å². The van der Waals surface area contributed by atoms with Crippen molar-refractivity contribution < 1.29 is 23.1 Å². The second-order valence-corrected chi connectivity index (χ2v) is 6.27. The zero-order valence-electron chi connectivity index (χ0n) is 8.88. The lowest BCUT2D eigenvalue weighted by atomic mass is 10.2. The number of nitrogens with zero attached hydrogens (tertiary/aromatic N) is 1. The van der Waals surface area contributed by atoms with E-state index in [0.717, 1.165) is 5.01 Å². The number of hydrogen-bond acceptors (Lipinski definition) is 6. The van der Waals surface area contributed by atoms with Gasteiger partial charge in [-0.1, -0.05) is 0 Å². The Morgan fingerprint density at radius 3 is 2.76 bits per heavy atom. The van der Waals surface area contributed by atoms with Crippen molar-refractivity contribution >= 4 is 21.7 Å². The number of amides is 1. The van der Waals surface area contributed by atoms with Crippen LogP contribution < -0.4 is 10.5 Å². The van der Waals surface area contributed by atoms with Crippen LogP contribution in [0.4, 0.5) is 0 Å². The Morgan fingerprint density at radius 2 is 2.24 bits per heavy atom. The van der Waals surface area contributed by atoms with Crippen molar-refractivity contribution in [3.05, 3.63) is 11.8 Å². The van der Waals surface area contributed by atoms with Gasteiger partial charge in [0.2, 0.25) is 5.91 Å². The van der Waals surface area contributed by atoms with E-state index in [-0.39, 0.29) is 29.5 Å². The van der Waals surface area contributed by atoms with Crippen molar-refractivity contribution in [2.24, 2.45) is 0 Å². The van der Waals surface area contributed by atoms with Crippen LogP contribution in [-0.2, 0) is 19.4 Å². The van der Waals surface area contributed by atoms with E-state index >= 15 is 0 Å². The number of carbonyl (C=O) groups is 2. The number of hydrazine groups is 1. The zero-order valence-corrected chi connectivity index (χ0v) is 9.70. The highest BCUT2D eigenvalue weighted by Gasteiger charge is 2.36. The Morgan fingerprint density at radius 1 is 1.53 bits per heavy atom. The lowest BCUT2D eigenvalue weighted by molar-refractivity contribution is -0.300. The van der Waals surface area contributed by atoms with Gasteiger partial charge in [-0.05, 0) is 12.5 Å². The van der Waals surface area contributed by atoms with Crippen molar-refractivity contribution in [3.63, 3.8) is 0 Å². The van der Waals surface area contributed by atoms with Gasteiger partial charge < -0.3 is 9.90 Å². The van der Waals surface area contributed by atoms with Gasteiger partial charge in [0.25, 0.3) is 0 Å². The number of nitrogens with one attached hydrogen (secondary N) is 1. The van der Waals surface area contributed by atoms with Gasteiger partial charge in [-0.15, -0.1) is 0 Å². The Hall–Kier alpha value is -1.57. The molecule has 2 aliphatic heterocycles. The van der Waals surface area contributed by atoms with Crippen LogP contribution in [0.2, 0.25) is 0 Å². The SMILES string of the molecule is O=C([O-])C1=CCC(=O)N([C@@H]2CCS(=O)(=O)C2)N1. The molecule has 2 rings (SSSR count). The summed E-state index contributed by atoms with van der Waals surface area (Å²) in [6, 6.07) is -0.504. The average molecular weight is 259 g/mol. The largest absolute Gasteiger partial charge is 0.543 e. The van der Waals surface area contributed by atoms with Gasteiger partial charge in [0, 0.05) is 6.42 Å². The Labute approximate surface area is 98.0 Å². The minimum atomic E-state index is -3.12. The highest BCUT2D eigenvalue weighted by atomic mass is 32.2. The second-order valence-electron chi connectivity index (χ2n) is 4.04. The number of carboxylic acid groups (broad SMARTS) is 1. The Bertz CT molecular complexity index is 496. The van der Waals surface area contributed by atoms with E-state index < -0.39 is 21.8 Å². The first-order valence-corrected chi connectivity index (χ1v) is 6.92. The third kappa shape index (κ3) is 2.41. The van der Waals surface area contributed by atoms with Gasteiger partial charge in [-0.25, -0.2) is 8.42 Å². The summed E-state index contributed by atoms with van der Waals surface area (Å²) in [5, 5.41) is 11.7. The maximum absolute atomic E-state index is 11.6. The fraction of sp³-hybridized carbons (Fsp3) is 0.556. The van der Waals surface area contributed by atoms with Crippen LogP contribution in [0.5, 0.6) is 0 Å². The van der Waals surface area contributed by atoms with Gasteiger partial charge in [0.15, 0.2) is 9.84 Å². The Kier molecular flexibility index (Phi) is 2.82. The molecule has 94 valence electrons. The third-order valence-electron chi connectivity index (χ3n) is 2.78. The van der Waals surface area contributed by atoms with Gasteiger partial charge in [-0.3, -0.25) is 15.2 Å². The molecule has 1 N–H and O–H groups in total. The highest BCUT2D eigenvalue weighted by molar-refractivity contribution is 7.91. The van der Waals surface area contributed by atoms with Crippen molar-refractivity contribution in [1.82, 2.24) is 10.4 Å². The summed E-state index contributed by atoms with van der Waals surface area (Å²) in [5.74, 6) is -1.86. The molecule has 1 amide bonds. The topological polar surface area (TPSA) is 107 Å². The standard InChI is InChI=1S/C9H12N2O5S/c12-8-2-1-7(9(13)14)10-11(8)6-3-4-17(15,16)5-6/h1,6,10H,2-5H2,(H,13,14)/p-1/t6-/m1/s1. The van der Waals surface area contributed by atoms with Crippen LogP contribution in [-0.4, -0.2) is 42.9 Å². The summed E-state index contributed by atoms with van der Waals surface area (Å²) in [4.78, 5) is 22.2. The zero-order chi connectivity index (χ0) is 12.6. The van der Waals surface area contributed by atoms with Crippen LogP contribution in [0.1, 0.15) is 12.8 Å². The van der Waals surface area contributed by atoms with E-state index in [1.165, 1.54) is 6.08 Å². The summed E-state index contributed by atoms with van der Waals surface area (Å²) in [6.07, 6.45) is 1.48. The fourth-order valence-corrected chi connectivity index (χ4v) is 3.63. The van der Waals surface area contributed by atoms with Crippen LogP contribution in [0, 0.1) is 0 Å². The number of carbonyl (C=O) groups excluding carboxylic acids is 2. The van der Waals surface area contributed by atoms with E-state index in [1.807, 2.05) is 0 Å². The molecule has 0 aromatic carbocycles. The molecule has 8 heteroatoms. The molecule has 0 saturated carbocycles. The van der Waals surface area contributed by atoms with Gasteiger partial charge >= 0.3 is 0 Å². The minimum Gasteiger partial charge on any atom is -0.543 e. The molecular weight excluding hydrogens is 248 g/mol. The van der Waals surface area contributed by atoms with Crippen molar-refractivity contribution in [1.29, 1.82) is 0 Å². The van der Waals surface area contributed by atoms with Crippen molar-refractivity contribution in [2.75, 3.05) is 11.5 Å². The number of aliphatic carboxylic acids is 1. The van der Waals surface area contributed by atoms with Gasteiger partial charge in [0.05, 0.1) is 29.2 Å². The maximum Gasteiger partial charge on any atom is 0.245 e. The summed E-state index contributed by atoms with van der Waals surface area (Å²) in [5.41, 5.74) is 2.20. The molecule has 1 atom stereocenters. The first-order chi connectivity index (χ1) is 7.89. The highest BCUT2D eigenvalue weighted by Crippen LogP contribution is 2.19. The molecule has 0 aromatic heterocycles. The predicted octanol–water partition coefficient (Wildman–Crippen LogP) is -2.46. The molecule has 7 nitrogen and oxygen atoms in total. The molecule has 0 aromatic rings. The van der Waals surface area contributed by atoms with Gasteiger partial charge in [-0.2, -0.15) is 0 Å². The second kappa shape index (κ2) is 4.02. The average Bonchev–Trinajstić information content (AvgIpc) is 2.59. The molecule has 0 spiro atoms. The molecule has 1 saturated heterocycles. The molecule has 17 heavy (non-hydrogen) atoms. The molecule has 0 bridgehead atoms. The molecule has 2 aliphatic rings. The molecule has 0 unspecified atom stereocenters. The first kappa shape index (κ1) is 11.9. The van der Waals surface area contributed by atoms with E-state index in [2.05, 4.69) is 5.43 Å². The molecule has 0 aliphatic carbocycles. The number of carboxylic acids is 1.